The first-order valence-corrected chi connectivity index (χ1v) is 11.8. The third-order valence-corrected chi connectivity index (χ3v) is 6.75. The molecule has 2 aromatic carbocycles. The second-order valence-corrected chi connectivity index (χ2v) is 8.90. The molecule has 0 radical (unpaired) electrons. The molecule has 9 heteroatoms. The van der Waals surface area contributed by atoms with Crippen molar-refractivity contribution in [1.82, 2.24) is 14.1 Å². The van der Waals surface area contributed by atoms with Crippen molar-refractivity contribution in [1.29, 1.82) is 0 Å². The van der Waals surface area contributed by atoms with Gasteiger partial charge in [0.1, 0.15) is 19.5 Å². The molecular weight excluding hydrogens is 446 g/mol. The predicted octanol–water partition coefficient (Wildman–Crippen LogP) is 5.85. The van der Waals surface area contributed by atoms with Crippen molar-refractivity contribution in [3.8, 4) is 0 Å². The molecular formula is C23H19N3O4S2. The van der Waals surface area contributed by atoms with Crippen LogP contribution >= 0.6 is 21.6 Å². The molecule has 0 aliphatic carbocycles. The number of rotatable bonds is 7. The molecule has 4 rings (SSSR count). The van der Waals surface area contributed by atoms with E-state index in [1.807, 2.05) is 48.5 Å². The van der Waals surface area contributed by atoms with Gasteiger partial charge in [-0.15, -0.1) is 0 Å². The summed E-state index contributed by atoms with van der Waals surface area (Å²) in [7, 11) is 3.27. The Morgan fingerprint density at radius 2 is 1.22 bits per heavy atom. The molecule has 0 unspecified atom stereocenters. The highest BCUT2D eigenvalue weighted by atomic mass is 33.1. The van der Waals surface area contributed by atoms with Gasteiger partial charge in [-0.3, -0.25) is 4.57 Å². The van der Waals surface area contributed by atoms with E-state index in [-0.39, 0.29) is 13.2 Å². The first-order chi connectivity index (χ1) is 15.7. The SMILES string of the molecule is O=C(OCc1ccc(SSc2ccc(COC(=O)n3ccnc3)cc2)cc1)n1cccc1. The standard InChI is InChI=1S/C23H19N3O4S2/c27-22(25-12-1-2-13-25)29-15-18-3-7-20(8-4-18)31-32-21-9-5-19(6-10-21)16-30-23(28)26-14-11-24-17-26/h1-14,17H,15-16H2. The van der Waals surface area contributed by atoms with Crippen molar-refractivity contribution < 1.29 is 19.1 Å². The van der Waals surface area contributed by atoms with Crippen molar-refractivity contribution in [2.45, 2.75) is 23.0 Å². The highest BCUT2D eigenvalue weighted by molar-refractivity contribution is 8.76. The molecule has 2 heterocycles. The maximum atomic E-state index is 11.9. The van der Waals surface area contributed by atoms with E-state index in [1.165, 1.54) is 21.7 Å². The van der Waals surface area contributed by atoms with E-state index in [9.17, 15) is 9.59 Å². The number of ether oxygens (including phenoxy) is 2. The van der Waals surface area contributed by atoms with E-state index in [2.05, 4.69) is 4.98 Å². The molecule has 0 aliphatic rings. The fourth-order valence-electron chi connectivity index (χ4n) is 2.64. The van der Waals surface area contributed by atoms with Gasteiger partial charge >= 0.3 is 12.2 Å². The summed E-state index contributed by atoms with van der Waals surface area (Å²) in [6.07, 6.45) is 6.92. The number of hydrogen-bond acceptors (Lipinski definition) is 7. The average molecular weight is 466 g/mol. The minimum atomic E-state index is -0.459. The Bertz CT molecular complexity index is 1050. The Kier molecular flexibility index (Phi) is 7.31. The molecule has 2 aromatic heterocycles. The van der Waals surface area contributed by atoms with Crippen LogP contribution in [0.2, 0.25) is 0 Å². The van der Waals surface area contributed by atoms with Gasteiger partial charge in [-0.1, -0.05) is 45.9 Å². The lowest BCUT2D eigenvalue weighted by atomic mass is 10.2. The van der Waals surface area contributed by atoms with Gasteiger partial charge in [0, 0.05) is 34.6 Å². The van der Waals surface area contributed by atoms with Crippen molar-refractivity contribution in [3.63, 3.8) is 0 Å². The van der Waals surface area contributed by atoms with Gasteiger partial charge in [-0.25, -0.2) is 19.1 Å². The van der Waals surface area contributed by atoms with Crippen LogP contribution in [0.25, 0.3) is 0 Å². The van der Waals surface area contributed by atoms with Gasteiger partial charge in [0.25, 0.3) is 0 Å². The molecule has 0 aliphatic heterocycles. The minimum absolute atomic E-state index is 0.200. The first-order valence-electron chi connectivity index (χ1n) is 9.65. The summed E-state index contributed by atoms with van der Waals surface area (Å²) in [6, 6.07) is 19.3. The number of hydrogen-bond donors (Lipinski definition) is 0. The molecule has 7 nitrogen and oxygen atoms in total. The number of aromatic nitrogens is 3. The van der Waals surface area contributed by atoms with Crippen LogP contribution in [-0.4, -0.2) is 26.3 Å². The van der Waals surface area contributed by atoms with Gasteiger partial charge in [-0.2, -0.15) is 0 Å². The van der Waals surface area contributed by atoms with Crippen molar-refractivity contribution in [2.75, 3.05) is 0 Å². The molecule has 0 saturated heterocycles. The molecule has 162 valence electrons. The van der Waals surface area contributed by atoms with Gasteiger partial charge < -0.3 is 9.47 Å². The predicted molar refractivity (Wildman–Crippen MR) is 122 cm³/mol. The molecule has 0 bridgehead atoms. The fourth-order valence-corrected chi connectivity index (χ4v) is 4.57. The topological polar surface area (TPSA) is 75.3 Å². The minimum Gasteiger partial charge on any atom is -0.444 e. The molecule has 0 atom stereocenters. The quantitative estimate of drug-likeness (QED) is 0.317. The van der Waals surface area contributed by atoms with Crippen molar-refractivity contribution in [2.24, 2.45) is 0 Å². The number of imidazole rings is 1. The lowest BCUT2D eigenvalue weighted by Gasteiger charge is -2.07. The van der Waals surface area contributed by atoms with Crippen LogP contribution in [-0.2, 0) is 22.7 Å². The van der Waals surface area contributed by atoms with Crippen molar-refractivity contribution in [3.05, 3.63) is 103 Å². The zero-order chi connectivity index (χ0) is 22.2. The summed E-state index contributed by atoms with van der Waals surface area (Å²) < 4.78 is 13.2. The van der Waals surface area contributed by atoms with Crippen LogP contribution in [0.15, 0.2) is 102 Å². The third-order valence-electron chi connectivity index (χ3n) is 4.34. The third kappa shape index (κ3) is 6.05. The smallest absolute Gasteiger partial charge is 0.419 e. The van der Waals surface area contributed by atoms with Crippen LogP contribution < -0.4 is 0 Å². The molecule has 4 aromatic rings. The van der Waals surface area contributed by atoms with E-state index in [4.69, 9.17) is 9.47 Å². The van der Waals surface area contributed by atoms with Crippen molar-refractivity contribution >= 4 is 33.8 Å². The van der Waals surface area contributed by atoms with Gasteiger partial charge in [0.05, 0.1) is 0 Å². The summed E-state index contributed by atoms with van der Waals surface area (Å²) in [5.41, 5.74) is 1.83. The van der Waals surface area contributed by atoms with E-state index >= 15 is 0 Å². The summed E-state index contributed by atoms with van der Waals surface area (Å²) in [5.74, 6) is 0. The number of benzene rings is 2. The maximum absolute atomic E-state index is 11.9. The Labute approximate surface area is 192 Å². The van der Waals surface area contributed by atoms with Crippen LogP contribution in [0.3, 0.4) is 0 Å². The van der Waals surface area contributed by atoms with E-state index in [0.29, 0.717) is 0 Å². The molecule has 0 amide bonds. The lowest BCUT2D eigenvalue weighted by molar-refractivity contribution is 0.140. The number of nitrogens with zero attached hydrogens (tertiary/aromatic N) is 3. The Balaban J connectivity index is 1.21. The second kappa shape index (κ2) is 10.7. The van der Waals surface area contributed by atoms with Crippen LogP contribution in [0, 0.1) is 0 Å². The summed E-state index contributed by atoms with van der Waals surface area (Å²) in [4.78, 5) is 29.7. The molecule has 0 spiro atoms. The van der Waals surface area contributed by atoms with E-state index in [0.717, 1.165) is 20.9 Å². The second-order valence-electron chi connectivity index (χ2n) is 6.62. The fraction of sp³-hybridized carbons (Fsp3) is 0.0870. The van der Waals surface area contributed by atoms with E-state index in [1.54, 1.807) is 52.3 Å². The lowest BCUT2D eigenvalue weighted by Crippen LogP contribution is -2.11. The molecule has 0 fully saturated rings. The van der Waals surface area contributed by atoms with Gasteiger partial charge in [0.15, 0.2) is 0 Å². The Hall–Kier alpha value is -3.43. The summed E-state index contributed by atoms with van der Waals surface area (Å²) >= 11 is 0. The Morgan fingerprint density at radius 3 is 1.69 bits per heavy atom. The molecule has 32 heavy (non-hydrogen) atoms. The molecule has 0 saturated carbocycles. The summed E-state index contributed by atoms with van der Waals surface area (Å²) in [5, 5.41) is 0. The first kappa shape index (κ1) is 21.8. The van der Waals surface area contributed by atoms with Crippen LogP contribution in [0.5, 0.6) is 0 Å². The zero-order valence-corrected chi connectivity index (χ0v) is 18.5. The zero-order valence-electron chi connectivity index (χ0n) is 16.9. The monoisotopic (exact) mass is 465 g/mol. The highest BCUT2D eigenvalue weighted by Crippen LogP contribution is 2.37. The highest BCUT2D eigenvalue weighted by Gasteiger charge is 2.07. The Morgan fingerprint density at radius 1 is 0.719 bits per heavy atom. The van der Waals surface area contributed by atoms with E-state index < -0.39 is 12.2 Å². The summed E-state index contributed by atoms with van der Waals surface area (Å²) in [6.45, 7) is 0.424. The maximum Gasteiger partial charge on any atom is 0.419 e. The number of carbonyl (C=O) groups is 2. The van der Waals surface area contributed by atoms with Crippen LogP contribution in [0.4, 0.5) is 9.59 Å². The van der Waals surface area contributed by atoms with Gasteiger partial charge in [0.2, 0.25) is 0 Å². The largest absolute Gasteiger partial charge is 0.444 e. The van der Waals surface area contributed by atoms with Crippen LogP contribution in [0.1, 0.15) is 11.1 Å². The average Bonchev–Trinajstić information content (AvgIpc) is 3.56. The van der Waals surface area contributed by atoms with Gasteiger partial charge in [-0.05, 0) is 47.5 Å². The molecule has 0 N–H and O–H groups in total. The normalized spacial score (nSPS) is 10.6. The number of carbonyl (C=O) groups excluding carboxylic acids is 2.